The maximum Gasteiger partial charge on any atom is 0.225 e. The molecule has 0 aliphatic heterocycles. The first-order chi connectivity index (χ1) is 10.1. The van der Waals surface area contributed by atoms with Crippen molar-refractivity contribution in [2.45, 2.75) is 44.7 Å². The molecule has 2 unspecified atom stereocenters. The van der Waals surface area contributed by atoms with E-state index in [1.807, 2.05) is 35.9 Å². The molecule has 2 aromatic rings. The molecule has 1 aliphatic rings. The molecule has 2 heterocycles. The third-order valence-electron chi connectivity index (χ3n) is 4.50. The predicted octanol–water partition coefficient (Wildman–Crippen LogP) is 2.70. The van der Waals surface area contributed by atoms with Crippen LogP contribution in [0.15, 0.2) is 30.7 Å². The van der Waals surface area contributed by atoms with Gasteiger partial charge in [-0.3, -0.25) is 4.79 Å². The zero-order chi connectivity index (χ0) is 14.9. The summed E-state index contributed by atoms with van der Waals surface area (Å²) in [6.45, 7) is 2.52. The average Bonchev–Trinajstić information content (AvgIpc) is 2.91. The lowest BCUT2D eigenvalue weighted by Gasteiger charge is -2.37. The summed E-state index contributed by atoms with van der Waals surface area (Å²) in [6.07, 6.45) is 9.64. The van der Waals surface area contributed by atoms with Gasteiger partial charge in [0.2, 0.25) is 5.91 Å². The summed E-state index contributed by atoms with van der Waals surface area (Å²) in [5.41, 5.74) is 7.84. The van der Waals surface area contributed by atoms with Crippen molar-refractivity contribution in [1.29, 1.82) is 0 Å². The van der Waals surface area contributed by atoms with E-state index in [-0.39, 0.29) is 42.2 Å². The Hall–Kier alpha value is -1.30. The second kappa shape index (κ2) is 7.99. The fourth-order valence-corrected chi connectivity index (χ4v) is 3.16. The fraction of sp³-hybridized carbons (Fsp3) is 0.500. The number of nitrogens with zero attached hydrogens (tertiary/aromatic N) is 2. The number of hydrogen-bond donors (Lipinski definition) is 2. The molecule has 128 valence electrons. The van der Waals surface area contributed by atoms with Gasteiger partial charge in [0, 0.05) is 30.7 Å². The third-order valence-corrected chi connectivity index (χ3v) is 4.50. The summed E-state index contributed by atoms with van der Waals surface area (Å²) in [5, 5.41) is 3.03. The highest BCUT2D eigenvalue weighted by Gasteiger charge is 2.37. The van der Waals surface area contributed by atoms with Crippen LogP contribution in [0.25, 0.3) is 5.65 Å². The van der Waals surface area contributed by atoms with Crippen LogP contribution in [0.4, 0.5) is 0 Å². The minimum atomic E-state index is -0.380. The molecule has 2 atom stereocenters. The second-order valence-electron chi connectivity index (χ2n) is 6.25. The largest absolute Gasteiger partial charge is 0.352 e. The van der Waals surface area contributed by atoms with Crippen LogP contribution >= 0.6 is 24.8 Å². The third kappa shape index (κ3) is 4.37. The summed E-state index contributed by atoms with van der Waals surface area (Å²) in [7, 11) is 0. The molecule has 7 heteroatoms. The van der Waals surface area contributed by atoms with Crippen molar-refractivity contribution in [3.8, 4) is 0 Å². The highest BCUT2D eigenvalue weighted by Crippen LogP contribution is 2.31. The van der Waals surface area contributed by atoms with Gasteiger partial charge in [0.05, 0.1) is 5.92 Å². The highest BCUT2D eigenvalue weighted by atomic mass is 35.5. The van der Waals surface area contributed by atoms with E-state index in [2.05, 4.69) is 10.3 Å². The minimum absolute atomic E-state index is 0. The van der Waals surface area contributed by atoms with E-state index < -0.39 is 0 Å². The fourth-order valence-electron chi connectivity index (χ4n) is 3.16. The molecule has 2 aromatic heterocycles. The number of aromatic nitrogens is 2. The number of imidazole rings is 1. The lowest BCUT2D eigenvalue weighted by Crippen LogP contribution is -2.52. The van der Waals surface area contributed by atoms with Crippen LogP contribution in [-0.4, -0.2) is 20.8 Å². The monoisotopic (exact) mass is 358 g/mol. The Balaban J connectivity index is 0.00000132. The van der Waals surface area contributed by atoms with Gasteiger partial charge in [0.1, 0.15) is 5.65 Å². The van der Waals surface area contributed by atoms with Crippen molar-refractivity contribution in [2.24, 2.45) is 11.7 Å². The zero-order valence-electron chi connectivity index (χ0n) is 13.2. The maximum absolute atomic E-state index is 12.4. The Labute approximate surface area is 148 Å². The highest BCUT2D eigenvalue weighted by molar-refractivity contribution is 5.85. The number of amides is 1. The number of pyridine rings is 1. The van der Waals surface area contributed by atoms with E-state index >= 15 is 0 Å². The molecule has 23 heavy (non-hydrogen) atoms. The van der Waals surface area contributed by atoms with Crippen LogP contribution in [0, 0.1) is 5.92 Å². The Kier molecular flexibility index (Phi) is 6.86. The van der Waals surface area contributed by atoms with Crippen LogP contribution < -0.4 is 11.1 Å². The molecular weight excluding hydrogens is 335 g/mol. The number of carbonyl (C=O) groups is 1. The summed E-state index contributed by atoms with van der Waals surface area (Å²) in [6, 6.07) is 3.99. The summed E-state index contributed by atoms with van der Waals surface area (Å²) in [5.74, 6) is -0.00989. The molecule has 0 spiro atoms. The molecule has 5 nitrogen and oxygen atoms in total. The summed E-state index contributed by atoms with van der Waals surface area (Å²) >= 11 is 0. The van der Waals surface area contributed by atoms with Gasteiger partial charge in [-0.05, 0) is 37.5 Å². The number of hydrogen-bond acceptors (Lipinski definition) is 3. The Bertz CT molecular complexity index is 656. The first-order valence-electron chi connectivity index (χ1n) is 7.54. The quantitative estimate of drug-likeness (QED) is 0.885. The topological polar surface area (TPSA) is 72.4 Å². The van der Waals surface area contributed by atoms with Gasteiger partial charge in [-0.15, -0.1) is 24.8 Å². The van der Waals surface area contributed by atoms with Crippen molar-refractivity contribution in [1.82, 2.24) is 14.7 Å². The molecule has 3 rings (SSSR count). The molecule has 0 radical (unpaired) electrons. The number of halogens is 2. The number of carbonyl (C=O) groups excluding carboxylic acids is 1. The molecule has 1 aliphatic carbocycles. The van der Waals surface area contributed by atoms with E-state index in [1.54, 1.807) is 6.20 Å². The standard InChI is InChI=1S/C16H22N4O.2ClH/c1-16(17)6-3-2-4-13(16)15(21)19-11-12-5-8-20-9-7-18-14(20)10-12;;/h5,7-10,13H,2-4,6,11,17H2,1H3,(H,19,21);2*1H. The van der Waals surface area contributed by atoms with E-state index in [1.165, 1.54) is 0 Å². The van der Waals surface area contributed by atoms with Gasteiger partial charge in [-0.2, -0.15) is 0 Å². The van der Waals surface area contributed by atoms with Gasteiger partial charge in [-0.1, -0.05) is 12.8 Å². The zero-order valence-corrected chi connectivity index (χ0v) is 14.8. The van der Waals surface area contributed by atoms with E-state index in [0.717, 1.165) is 36.9 Å². The molecule has 3 N–H and O–H groups in total. The van der Waals surface area contributed by atoms with Crippen LogP contribution in [0.1, 0.15) is 38.2 Å². The van der Waals surface area contributed by atoms with Crippen molar-refractivity contribution >= 4 is 36.4 Å². The molecular formula is C16H24Cl2N4O. The summed E-state index contributed by atoms with van der Waals surface area (Å²) in [4.78, 5) is 16.6. The molecule has 0 aromatic carbocycles. The molecule has 1 fully saturated rings. The average molecular weight is 359 g/mol. The molecule has 1 amide bonds. The van der Waals surface area contributed by atoms with Crippen molar-refractivity contribution in [3.63, 3.8) is 0 Å². The van der Waals surface area contributed by atoms with Crippen LogP contribution in [-0.2, 0) is 11.3 Å². The second-order valence-corrected chi connectivity index (χ2v) is 6.25. The van der Waals surface area contributed by atoms with Crippen LogP contribution in [0.3, 0.4) is 0 Å². The number of nitrogens with two attached hydrogens (primary N) is 1. The number of nitrogens with one attached hydrogen (secondary N) is 1. The van der Waals surface area contributed by atoms with Crippen LogP contribution in [0.2, 0.25) is 0 Å². The van der Waals surface area contributed by atoms with E-state index in [4.69, 9.17) is 5.73 Å². The Morgan fingerprint density at radius 2 is 2.22 bits per heavy atom. The Morgan fingerprint density at radius 1 is 1.43 bits per heavy atom. The van der Waals surface area contributed by atoms with Gasteiger partial charge >= 0.3 is 0 Å². The minimum Gasteiger partial charge on any atom is -0.352 e. The predicted molar refractivity (Wildman–Crippen MR) is 96.1 cm³/mol. The lowest BCUT2D eigenvalue weighted by atomic mass is 9.74. The van der Waals surface area contributed by atoms with Crippen molar-refractivity contribution < 1.29 is 4.79 Å². The first-order valence-corrected chi connectivity index (χ1v) is 7.54. The first kappa shape index (κ1) is 19.7. The maximum atomic E-state index is 12.4. The smallest absolute Gasteiger partial charge is 0.225 e. The van der Waals surface area contributed by atoms with Gasteiger partial charge in [-0.25, -0.2) is 4.98 Å². The molecule has 0 bridgehead atoms. The normalized spacial score (nSPS) is 23.7. The van der Waals surface area contributed by atoms with Crippen LogP contribution in [0.5, 0.6) is 0 Å². The van der Waals surface area contributed by atoms with Gasteiger partial charge < -0.3 is 15.5 Å². The number of rotatable bonds is 3. The molecule has 0 saturated heterocycles. The van der Waals surface area contributed by atoms with E-state index in [9.17, 15) is 4.79 Å². The Morgan fingerprint density at radius 3 is 2.96 bits per heavy atom. The summed E-state index contributed by atoms with van der Waals surface area (Å²) < 4.78 is 1.95. The van der Waals surface area contributed by atoms with E-state index in [0.29, 0.717) is 6.54 Å². The van der Waals surface area contributed by atoms with Gasteiger partial charge in [0.15, 0.2) is 0 Å². The van der Waals surface area contributed by atoms with Gasteiger partial charge in [0.25, 0.3) is 0 Å². The molecule has 1 saturated carbocycles. The van der Waals surface area contributed by atoms with Crippen molar-refractivity contribution in [2.75, 3.05) is 0 Å². The SMILES string of the molecule is CC1(N)CCCCC1C(=O)NCc1ccn2ccnc2c1.Cl.Cl. The lowest BCUT2D eigenvalue weighted by molar-refractivity contribution is -0.128. The van der Waals surface area contributed by atoms with Crippen molar-refractivity contribution in [3.05, 3.63) is 36.3 Å². The number of fused-ring (bicyclic) bond motifs is 1.